The van der Waals surface area contributed by atoms with Crippen molar-refractivity contribution in [3.8, 4) is 5.75 Å². The Hall–Kier alpha value is -0.323. The maximum atomic E-state index is 6.39. The first-order valence-corrected chi connectivity index (χ1v) is 13.4. The molecule has 0 amide bonds. The van der Waals surface area contributed by atoms with Gasteiger partial charge in [0.05, 0.1) is 13.2 Å². The topological polar surface area (TPSA) is 18.5 Å². The fourth-order valence-electron chi connectivity index (χ4n) is 2.34. The summed E-state index contributed by atoms with van der Waals surface area (Å²) in [5.41, 5.74) is 1.14. The summed E-state index contributed by atoms with van der Waals surface area (Å²) in [6.45, 7) is 15.1. The second kappa shape index (κ2) is 10.7. The van der Waals surface area contributed by atoms with Crippen molar-refractivity contribution in [3.63, 3.8) is 0 Å². The van der Waals surface area contributed by atoms with Crippen molar-refractivity contribution in [3.05, 3.63) is 28.2 Å². The second-order valence-corrected chi connectivity index (χ2v) is 14.1. The summed E-state index contributed by atoms with van der Waals surface area (Å²) in [5.74, 6) is 0.968. The van der Waals surface area contributed by atoms with E-state index in [2.05, 4.69) is 68.9 Å². The highest BCUT2D eigenvalue weighted by molar-refractivity contribution is 9.10. The second-order valence-electron chi connectivity index (χ2n) is 8.42. The molecule has 0 aliphatic rings. The van der Waals surface area contributed by atoms with Gasteiger partial charge in [-0.25, -0.2) is 0 Å². The van der Waals surface area contributed by atoms with Gasteiger partial charge in [0, 0.05) is 10.0 Å². The molecule has 25 heavy (non-hydrogen) atoms. The van der Waals surface area contributed by atoms with Crippen molar-refractivity contribution < 1.29 is 9.16 Å². The molecule has 0 aromatic heterocycles. The summed E-state index contributed by atoms with van der Waals surface area (Å²) < 4.78 is 13.5. The molecule has 1 rings (SSSR count). The van der Waals surface area contributed by atoms with Crippen LogP contribution >= 0.6 is 15.9 Å². The zero-order valence-electron chi connectivity index (χ0n) is 17.1. The minimum atomic E-state index is -1.76. The van der Waals surface area contributed by atoms with Crippen molar-refractivity contribution in [1.29, 1.82) is 0 Å². The summed E-state index contributed by atoms with van der Waals surface area (Å²) >= 11 is 3.57. The van der Waals surface area contributed by atoms with Crippen LogP contribution in [-0.4, -0.2) is 14.9 Å². The van der Waals surface area contributed by atoms with Crippen molar-refractivity contribution in [1.82, 2.24) is 0 Å². The number of hydrogen-bond acceptors (Lipinski definition) is 2. The van der Waals surface area contributed by atoms with Gasteiger partial charge in [-0.05, 0) is 42.8 Å². The highest BCUT2D eigenvalue weighted by atomic mass is 79.9. The first-order chi connectivity index (χ1) is 11.7. The minimum Gasteiger partial charge on any atom is -0.493 e. The molecule has 4 heteroatoms. The molecular weight excluding hydrogens is 392 g/mol. The van der Waals surface area contributed by atoms with Gasteiger partial charge < -0.3 is 9.16 Å². The summed E-state index contributed by atoms with van der Waals surface area (Å²) in [5, 5.41) is 0.221. The summed E-state index contributed by atoms with van der Waals surface area (Å²) in [6, 6.07) is 6.24. The van der Waals surface area contributed by atoms with E-state index < -0.39 is 8.32 Å². The van der Waals surface area contributed by atoms with Crippen LogP contribution in [0.25, 0.3) is 0 Å². The Morgan fingerprint density at radius 1 is 1.00 bits per heavy atom. The molecule has 144 valence electrons. The molecule has 0 N–H and O–H groups in total. The van der Waals surface area contributed by atoms with Crippen molar-refractivity contribution in [2.75, 3.05) is 6.61 Å². The van der Waals surface area contributed by atoms with E-state index in [-0.39, 0.29) is 5.04 Å². The Morgan fingerprint density at radius 3 is 2.28 bits per heavy atom. The highest BCUT2D eigenvalue weighted by Gasteiger charge is 2.37. The number of rotatable bonds is 11. The molecule has 0 atom stereocenters. The number of hydrogen-bond donors (Lipinski definition) is 0. The molecule has 1 aromatic rings. The molecule has 0 fully saturated rings. The maximum absolute atomic E-state index is 6.39. The van der Waals surface area contributed by atoms with Crippen LogP contribution in [-0.2, 0) is 11.0 Å². The van der Waals surface area contributed by atoms with Gasteiger partial charge in [-0.15, -0.1) is 0 Å². The number of halogens is 1. The monoisotopic (exact) mass is 428 g/mol. The lowest BCUT2D eigenvalue weighted by atomic mass is 10.1. The number of benzene rings is 1. The van der Waals surface area contributed by atoms with Gasteiger partial charge in [0.1, 0.15) is 5.75 Å². The van der Waals surface area contributed by atoms with Gasteiger partial charge in [0.2, 0.25) is 0 Å². The third-order valence-electron chi connectivity index (χ3n) is 5.17. The van der Waals surface area contributed by atoms with E-state index in [0.717, 1.165) is 28.8 Å². The van der Waals surface area contributed by atoms with Crippen molar-refractivity contribution in [2.45, 2.75) is 91.0 Å². The molecule has 2 nitrogen and oxygen atoms in total. The first kappa shape index (κ1) is 22.7. The fraction of sp³-hybridized carbons (Fsp3) is 0.714. The van der Waals surface area contributed by atoms with Gasteiger partial charge in [-0.3, -0.25) is 0 Å². The SMILES string of the molecule is CCCCCCCCOc1ccc(Br)cc1CO[Si](C)(C)C(C)(C)C. The van der Waals surface area contributed by atoms with Crippen LogP contribution in [0.3, 0.4) is 0 Å². The van der Waals surface area contributed by atoms with Crippen LogP contribution in [0.15, 0.2) is 22.7 Å². The Balaban J connectivity index is 2.55. The number of ether oxygens (including phenoxy) is 1. The fourth-order valence-corrected chi connectivity index (χ4v) is 3.70. The van der Waals surface area contributed by atoms with E-state index in [9.17, 15) is 0 Å². The summed E-state index contributed by atoms with van der Waals surface area (Å²) in [4.78, 5) is 0. The zero-order valence-corrected chi connectivity index (χ0v) is 19.7. The Bertz CT molecular complexity index is 509. The van der Waals surface area contributed by atoms with Gasteiger partial charge in [0.25, 0.3) is 0 Å². The molecule has 0 aliphatic carbocycles. The van der Waals surface area contributed by atoms with Gasteiger partial charge in [-0.2, -0.15) is 0 Å². The predicted molar refractivity (Wildman–Crippen MR) is 115 cm³/mol. The lowest BCUT2D eigenvalue weighted by molar-refractivity contribution is 0.258. The molecule has 0 radical (unpaired) electrons. The van der Waals surface area contributed by atoms with E-state index in [0.29, 0.717) is 6.61 Å². The average Bonchev–Trinajstić information content (AvgIpc) is 2.52. The molecule has 0 unspecified atom stereocenters. The molecule has 0 spiro atoms. The van der Waals surface area contributed by atoms with E-state index in [1.165, 1.54) is 32.1 Å². The summed E-state index contributed by atoms with van der Waals surface area (Å²) in [6.07, 6.45) is 7.70. The molecule has 0 aliphatic heterocycles. The van der Waals surface area contributed by atoms with Crippen LogP contribution in [0, 0.1) is 0 Å². The standard InChI is InChI=1S/C21H37BrO2Si/c1-7-8-9-10-11-12-15-23-20-14-13-19(22)16-18(20)17-24-25(5,6)21(2,3)4/h13-14,16H,7-12,15,17H2,1-6H3. The molecule has 0 saturated carbocycles. The predicted octanol–water partition coefficient (Wildman–Crippen LogP) is 7.71. The lowest BCUT2D eigenvalue weighted by Crippen LogP contribution is -2.40. The van der Waals surface area contributed by atoms with Crippen LogP contribution in [0.4, 0.5) is 0 Å². The first-order valence-electron chi connectivity index (χ1n) is 9.72. The molecule has 0 bridgehead atoms. The van der Waals surface area contributed by atoms with Crippen LogP contribution in [0.1, 0.15) is 71.8 Å². The van der Waals surface area contributed by atoms with Crippen molar-refractivity contribution >= 4 is 24.2 Å². The quantitative estimate of drug-likeness (QED) is 0.265. The Morgan fingerprint density at radius 2 is 1.64 bits per heavy atom. The molecule has 1 aromatic carbocycles. The smallest absolute Gasteiger partial charge is 0.192 e. The van der Waals surface area contributed by atoms with Gasteiger partial charge >= 0.3 is 0 Å². The highest BCUT2D eigenvalue weighted by Crippen LogP contribution is 2.37. The van der Waals surface area contributed by atoms with E-state index in [1.807, 2.05) is 6.07 Å². The minimum absolute atomic E-state index is 0.221. The lowest BCUT2D eigenvalue weighted by Gasteiger charge is -2.36. The third kappa shape index (κ3) is 8.27. The van der Waals surface area contributed by atoms with Crippen molar-refractivity contribution in [2.24, 2.45) is 0 Å². The maximum Gasteiger partial charge on any atom is 0.192 e. The Kier molecular flexibility index (Phi) is 9.76. The molecule has 0 saturated heterocycles. The Labute approximate surface area is 165 Å². The third-order valence-corrected chi connectivity index (χ3v) is 10.1. The zero-order chi connectivity index (χ0) is 18.9. The largest absolute Gasteiger partial charge is 0.493 e. The summed E-state index contributed by atoms with van der Waals surface area (Å²) in [7, 11) is -1.76. The van der Waals surface area contributed by atoms with Crippen LogP contribution in [0.2, 0.25) is 18.1 Å². The normalized spacial score (nSPS) is 12.4. The molecular formula is C21H37BrO2Si. The van der Waals surface area contributed by atoms with E-state index >= 15 is 0 Å². The average molecular weight is 430 g/mol. The molecule has 0 heterocycles. The van der Waals surface area contributed by atoms with E-state index in [4.69, 9.17) is 9.16 Å². The van der Waals surface area contributed by atoms with Crippen LogP contribution in [0.5, 0.6) is 5.75 Å². The van der Waals surface area contributed by atoms with E-state index in [1.54, 1.807) is 0 Å². The van der Waals surface area contributed by atoms with Gasteiger partial charge in [0.15, 0.2) is 8.32 Å². The van der Waals surface area contributed by atoms with Gasteiger partial charge in [-0.1, -0.05) is 75.7 Å². The number of unbranched alkanes of at least 4 members (excludes halogenated alkanes) is 5. The van der Waals surface area contributed by atoms with Crippen LogP contribution < -0.4 is 4.74 Å².